The molecule has 106 valence electrons. The number of ether oxygens (including phenoxy) is 1. The lowest BCUT2D eigenvalue weighted by atomic mass is 9.80. The van der Waals surface area contributed by atoms with E-state index in [1.807, 2.05) is 0 Å². The first kappa shape index (κ1) is 15.4. The van der Waals surface area contributed by atoms with Crippen molar-refractivity contribution in [3.05, 3.63) is 23.9 Å². The molecule has 0 bridgehead atoms. The minimum atomic E-state index is -0.746. The Balaban J connectivity index is 3.11. The van der Waals surface area contributed by atoms with Crippen LogP contribution in [0.1, 0.15) is 27.2 Å². The van der Waals surface area contributed by atoms with E-state index in [2.05, 4.69) is 6.58 Å². The van der Waals surface area contributed by atoms with Gasteiger partial charge >= 0.3 is 5.97 Å². The fourth-order valence-electron chi connectivity index (χ4n) is 2.43. The summed E-state index contributed by atoms with van der Waals surface area (Å²) in [4.78, 5) is 25.4. The van der Waals surface area contributed by atoms with Crippen LogP contribution in [0.15, 0.2) is 23.9 Å². The number of hydrogen-bond acceptors (Lipinski definition) is 4. The number of likely N-dealkylation sites (tertiary alicyclic amines) is 1. The van der Waals surface area contributed by atoms with E-state index in [4.69, 9.17) is 4.74 Å². The van der Waals surface area contributed by atoms with E-state index in [-0.39, 0.29) is 17.6 Å². The van der Waals surface area contributed by atoms with Crippen molar-refractivity contribution in [2.75, 3.05) is 7.11 Å². The summed E-state index contributed by atoms with van der Waals surface area (Å²) < 4.78 is 4.72. The Kier molecular flexibility index (Phi) is 4.89. The lowest BCUT2D eigenvalue weighted by Crippen LogP contribution is -2.64. The first-order valence-electron chi connectivity index (χ1n) is 6.24. The number of aliphatic hydroxyl groups excluding tert-OH is 1. The molecule has 5 heteroatoms. The molecular weight excluding hydrogens is 246 g/mol. The van der Waals surface area contributed by atoms with Gasteiger partial charge in [0.15, 0.2) is 0 Å². The van der Waals surface area contributed by atoms with Crippen molar-refractivity contribution in [2.45, 2.75) is 39.3 Å². The third-order valence-electron chi connectivity index (χ3n) is 3.29. The topological polar surface area (TPSA) is 66.8 Å². The molecule has 1 fully saturated rings. The third-order valence-corrected chi connectivity index (χ3v) is 3.29. The number of carbonyl (C=O) groups is 2. The normalized spacial score (nSPS) is 23.4. The molecule has 5 nitrogen and oxygen atoms in total. The molecule has 0 aromatic carbocycles. The van der Waals surface area contributed by atoms with Crippen LogP contribution in [0.4, 0.5) is 0 Å². The maximum Gasteiger partial charge on any atom is 0.354 e. The van der Waals surface area contributed by atoms with E-state index in [0.717, 1.165) is 0 Å². The zero-order valence-corrected chi connectivity index (χ0v) is 11.8. The van der Waals surface area contributed by atoms with E-state index in [1.54, 1.807) is 26.8 Å². The number of methoxy groups -OCH3 is 1. The Labute approximate surface area is 113 Å². The summed E-state index contributed by atoms with van der Waals surface area (Å²) in [6, 6.07) is -0.242. The Hall–Kier alpha value is -1.62. The second kappa shape index (κ2) is 6.02. The maximum absolute atomic E-state index is 12.1. The summed E-state index contributed by atoms with van der Waals surface area (Å²) >= 11 is 0. The molecule has 1 unspecified atom stereocenters. The largest absolute Gasteiger partial charge is 0.464 e. The van der Waals surface area contributed by atoms with Crippen LogP contribution >= 0.6 is 0 Å². The molecule has 1 aliphatic heterocycles. The predicted molar refractivity (Wildman–Crippen MR) is 71.0 cm³/mol. The van der Waals surface area contributed by atoms with Gasteiger partial charge in [0.2, 0.25) is 5.91 Å². The number of nitrogens with zero attached hydrogens (tertiary/aromatic N) is 1. The van der Waals surface area contributed by atoms with Crippen molar-refractivity contribution in [3.8, 4) is 0 Å². The fourth-order valence-corrected chi connectivity index (χ4v) is 2.43. The smallest absolute Gasteiger partial charge is 0.354 e. The molecular formula is C14H21NO4. The van der Waals surface area contributed by atoms with Gasteiger partial charge in [0.1, 0.15) is 5.70 Å². The van der Waals surface area contributed by atoms with Crippen molar-refractivity contribution in [3.63, 3.8) is 0 Å². The molecule has 0 aromatic heterocycles. The van der Waals surface area contributed by atoms with E-state index in [1.165, 1.54) is 12.0 Å². The monoisotopic (exact) mass is 267 g/mol. The van der Waals surface area contributed by atoms with Crippen molar-refractivity contribution < 1.29 is 19.4 Å². The van der Waals surface area contributed by atoms with Crippen LogP contribution in [0.3, 0.4) is 0 Å². The van der Waals surface area contributed by atoms with Crippen molar-refractivity contribution >= 4 is 11.9 Å². The molecule has 19 heavy (non-hydrogen) atoms. The minimum Gasteiger partial charge on any atom is -0.464 e. The highest BCUT2D eigenvalue weighted by Gasteiger charge is 2.51. The Morgan fingerprint density at radius 1 is 1.58 bits per heavy atom. The molecule has 1 rings (SSSR count). The van der Waals surface area contributed by atoms with E-state index in [0.29, 0.717) is 12.0 Å². The Morgan fingerprint density at radius 3 is 2.53 bits per heavy atom. The molecule has 0 aliphatic carbocycles. The highest BCUT2D eigenvalue weighted by Crippen LogP contribution is 2.36. The van der Waals surface area contributed by atoms with Gasteiger partial charge in [0, 0.05) is 0 Å². The number of β-lactam (4-membered cyclic amide) rings is 1. The highest BCUT2D eigenvalue weighted by molar-refractivity contribution is 5.98. The molecule has 0 spiro atoms. The van der Waals surface area contributed by atoms with Crippen LogP contribution in [-0.4, -0.2) is 41.1 Å². The zero-order chi connectivity index (χ0) is 14.7. The van der Waals surface area contributed by atoms with Crippen LogP contribution in [0, 0.1) is 5.92 Å². The highest BCUT2D eigenvalue weighted by atomic mass is 16.5. The summed E-state index contributed by atoms with van der Waals surface area (Å²) in [5, 5.41) is 9.66. The number of allylic oxidation sites excluding steroid dienone is 1. The predicted octanol–water partition coefficient (Wildman–Crippen LogP) is 1.24. The summed E-state index contributed by atoms with van der Waals surface area (Å²) in [6.07, 6.45) is 1.46. The first-order valence-corrected chi connectivity index (χ1v) is 6.24. The van der Waals surface area contributed by atoms with Crippen LogP contribution in [0.5, 0.6) is 0 Å². The van der Waals surface area contributed by atoms with E-state index < -0.39 is 18.0 Å². The summed E-state index contributed by atoms with van der Waals surface area (Å²) in [6.45, 7) is 8.73. The van der Waals surface area contributed by atoms with Gasteiger partial charge in [-0.3, -0.25) is 4.79 Å². The van der Waals surface area contributed by atoms with Gasteiger partial charge in [-0.2, -0.15) is 0 Å². The van der Waals surface area contributed by atoms with Gasteiger partial charge in [-0.05, 0) is 32.8 Å². The van der Waals surface area contributed by atoms with E-state index >= 15 is 0 Å². The molecule has 0 aromatic rings. The summed E-state index contributed by atoms with van der Waals surface area (Å²) in [5.74, 6) is -1.27. The number of rotatable bonds is 5. The number of aliphatic hydroxyl groups is 1. The molecule has 1 aliphatic rings. The van der Waals surface area contributed by atoms with Crippen LogP contribution in [0.25, 0.3) is 0 Å². The zero-order valence-electron chi connectivity index (χ0n) is 11.8. The number of amides is 1. The summed E-state index contributed by atoms with van der Waals surface area (Å²) in [7, 11) is 1.28. The van der Waals surface area contributed by atoms with Gasteiger partial charge in [-0.15, -0.1) is 6.58 Å². The van der Waals surface area contributed by atoms with Crippen LogP contribution < -0.4 is 0 Å². The Bertz CT molecular complexity index is 421. The SMILES string of the molecule is C=CC[C@@H]1[C@@H](C(C)O)C(=O)N1C(C(=O)OC)=C(C)C. The standard InChI is InChI=1S/C14H21NO4/c1-6-7-10-11(9(4)16)13(17)15(10)12(8(2)3)14(18)19-5/h6,9-11,16H,1,7H2,2-5H3/t9?,10-,11-/m1/s1. The van der Waals surface area contributed by atoms with Gasteiger partial charge in [-0.1, -0.05) is 6.08 Å². The average Bonchev–Trinajstić information content (AvgIpc) is 2.33. The van der Waals surface area contributed by atoms with Gasteiger partial charge in [-0.25, -0.2) is 4.79 Å². The second-order valence-electron chi connectivity index (χ2n) is 4.91. The first-order chi connectivity index (χ1) is 8.86. The maximum atomic E-state index is 12.1. The number of carbonyl (C=O) groups excluding carboxylic acids is 2. The van der Waals surface area contributed by atoms with Crippen LogP contribution in [0.2, 0.25) is 0 Å². The molecule has 1 amide bonds. The number of esters is 1. The van der Waals surface area contributed by atoms with Crippen molar-refractivity contribution in [2.24, 2.45) is 5.92 Å². The van der Waals surface area contributed by atoms with Gasteiger partial charge in [0.25, 0.3) is 0 Å². The van der Waals surface area contributed by atoms with Crippen molar-refractivity contribution in [1.29, 1.82) is 0 Å². The lowest BCUT2D eigenvalue weighted by Gasteiger charge is -2.48. The third kappa shape index (κ3) is 2.71. The fraction of sp³-hybridized carbons (Fsp3) is 0.571. The van der Waals surface area contributed by atoms with Crippen LogP contribution in [-0.2, 0) is 14.3 Å². The molecule has 1 saturated heterocycles. The van der Waals surface area contributed by atoms with Crippen molar-refractivity contribution in [1.82, 2.24) is 4.90 Å². The average molecular weight is 267 g/mol. The van der Waals surface area contributed by atoms with Gasteiger partial charge < -0.3 is 14.7 Å². The quantitative estimate of drug-likeness (QED) is 0.352. The Morgan fingerprint density at radius 2 is 2.16 bits per heavy atom. The molecule has 1 heterocycles. The molecule has 1 N–H and O–H groups in total. The number of hydrogen-bond donors (Lipinski definition) is 1. The molecule has 3 atom stereocenters. The molecule has 0 saturated carbocycles. The molecule has 0 radical (unpaired) electrons. The lowest BCUT2D eigenvalue weighted by molar-refractivity contribution is -0.164. The summed E-state index contributed by atoms with van der Waals surface area (Å²) in [5.41, 5.74) is 0.967. The van der Waals surface area contributed by atoms with E-state index in [9.17, 15) is 14.7 Å². The minimum absolute atomic E-state index is 0.242. The van der Waals surface area contributed by atoms with Gasteiger partial charge in [0.05, 0.1) is 25.2 Å². The second-order valence-corrected chi connectivity index (χ2v) is 4.91.